The van der Waals surface area contributed by atoms with Crippen molar-refractivity contribution in [2.45, 2.75) is 51.5 Å². The zero-order valence-electron chi connectivity index (χ0n) is 15.8. The number of alkyl halides is 2. The Balaban J connectivity index is 1.60. The van der Waals surface area contributed by atoms with E-state index >= 15 is 0 Å². The third-order valence-corrected chi connectivity index (χ3v) is 4.60. The van der Waals surface area contributed by atoms with E-state index in [9.17, 15) is 18.4 Å². The first-order valence-corrected chi connectivity index (χ1v) is 9.25. The average Bonchev–Trinajstić information content (AvgIpc) is 3.43. The second-order valence-electron chi connectivity index (χ2n) is 7.31. The maximum absolute atomic E-state index is 12.8. The minimum absolute atomic E-state index is 0.0120. The van der Waals surface area contributed by atoms with E-state index < -0.39 is 23.6 Å². The third-order valence-electron chi connectivity index (χ3n) is 4.60. The normalized spacial score (nSPS) is 14.1. The van der Waals surface area contributed by atoms with Gasteiger partial charge in [-0.2, -0.15) is 10.2 Å². The summed E-state index contributed by atoms with van der Waals surface area (Å²) >= 11 is 0. The van der Waals surface area contributed by atoms with Crippen molar-refractivity contribution in [3.05, 3.63) is 45.8 Å². The average molecular weight is 403 g/mol. The molecule has 4 rings (SSSR count). The van der Waals surface area contributed by atoms with E-state index in [2.05, 4.69) is 25.7 Å². The Labute approximate surface area is 163 Å². The van der Waals surface area contributed by atoms with E-state index in [1.807, 2.05) is 13.8 Å². The second-order valence-corrected chi connectivity index (χ2v) is 7.31. The van der Waals surface area contributed by atoms with Gasteiger partial charge in [-0.1, -0.05) is 13.8 Å². The number of carbonyl (C=O) groups excluding carboxylic acids is 1. The summed E-state index contributed by atoms with van der Waals surface area (Å²) in [7, 11) is 0. The van der Waals surface area contributed by atoms with Crippen molar-refractivity contribution in [3.63, 3.8) is 0 Å². The molecule has 0 aromatic carbocycles. The highest BCUT2D eigenvalue weighted by Gasteiger charge is 2.28. The fourth-order valence-electron chi connectivity index (χ4n) is 2.96. The van der Waals surface area contributed by atoms with E-state index in [1.165, 1.54) is 6.07 Å². The number of hydrogen-bond acceptors (Lipinski definition) is 6. The predicted molar refractivity (Wildman–Crippen MR) is 98.9 cm³/mol. The van der Waals surface area contributed by atoms with Gasteiger partial charge in [-0.3, -0.25) is 9.59 Å². The molecule has 1 saturated carbocycles. The Morgan fingerprint density at radius 2 is 2.00 bits per heavy atom. The van der Waals surface area contributed by atoms with Crippen LogP contribution in [0.3, 0.4) is 0 Å². The van der Waals surface area contributed by atoms with Gasteiger partial charge in [0, 0.05) is 11.8 Å². The van der Waals surface area contributed by atoms with Crippen LogP contribution in [-0.2, 0) is 11.3 Å². The fourth-order valence-corrected chi connectivity index (χ4v) is 2.96. The highest BCUT2D eigenvalue weighted by molar-refractivity contribution is 5.89. The van der Waals surface area contributed by atoms with E-state index in [1.54, 1.807) is 10.6 Å². The molecule has 152 valence electrons. The summed E-state index contributed by atoms with van der Waals surface area (Å²) in [4.78, 5) is 25.2. The number of halogens is 2. The maximum Gasteiger partial charge on any atom is 0.293 e. The van der Waals surface area contributed by atoms with Gasteiger partial charge in [0.05, 0.1) is 5.69 Å². The number of fused-ring (bicyclic) bond motifs is 1. The van der Waals surface area contributed by atoms with Gasteiger partial charge >= 0.3 is 0 Å². The second kappa shape index (κ2) is 7.30. The summed E-state index contributed by atoms with van der Waals surface area (Å²) in [6.45, 7) is 3.50. The molecular weight excluding hydrogens is 384 g/mol. The van der Waals surface area contributed by atoms with Gasteiger partial charge in [0.2, 0.25) is 5.91 Å². The van der Waals surface area contributed by atoms with Crippen LogP contribution in [0.15, 0.2) is 23.0 Å². The van der Waals surface area contributed by atoms with Crippen molar-refractivity contribution in [3.8, 4) is 0 Å². The first kappa shape index (κ1) is 19.1. The zero-order chi connectivity index (χ0) is 20.7. The Morgan fingerprint density at radius 3 is 2.59 bits per heavy atom. The molecule has 0 bridgehead atoms. The first-order chi connectivity index (χ1) is 13.8. The summed E-state index contributed by atoms with van der Waals surface area (Å²) in [5.41, 5.74) is 0.324. The lowest BCUT2D eigenvalue weighted by Gasteiger charge is -2.11. The summed E-state index contributed by atoms with van der Waals surface area (Å²) < 4.78 is 27.7. The highest BCUT2D eigenvalue weighted by atomic mass is 19.3. The standard InChI is InChI=1S/C18H19F2N7O2/c1-9(2)17-25-26(18(29)13-7-12(10-3-4-10)24-27(13)17)8-15(28)21-14-6-5-11(16(19)20)22-23-14/h5-7,9-10,16H,3-4,8H2,1-2H3,(H,21,23,28). The minimum atomic E-state index is -2.74. The lowest BCUT2D eigenvalue weighted by atomic mass is 10.2. The summed E-state index contributed by atoms with van der Waals surface area (Å²) in [6, 6.07) is 4.06. The molecule has 1 aliphatic carbocycles. The minimum Gasteiger partial charge on any atom is -0.308 e. The van der Waals surface area contributed by atoms with Crippen LogP contribution in [0.4, 0.5) is 14.6 Å². The van der Waals surface area contributed by atoms with Crippen LogP contribution in [0.25, 0.3) is 5.52 Å². The van der Waals surface area contributed by atoms with E-state index in [0.29, 0.717) is 17.3 Å². The molecule has 1 aliphatic rings. The van der Waals surface area contributed by atoms with Gasteiger partial charge in [0.15, 0.2) is 11.6 Å². The molecule has 0 radical (unpaired) electrons. The quantitative estimate of drug-likeness (QED) is 0.677. The molecule has 0 unspecified atom stereocenters. The topological polar surface area (TPSA) is 107 Å². The number of carbonyl (C=O) groups is 1. The molecule has 1 N–H and O–H groups in total. The molecule has 3 aromatic rings. The molecule has 0 spiro atoms. The molecule has 29 heavy (non-hydrogen) atoms. The molecule has 1 fully saturated rings. The summed E-state index contributed by atoms with van der Waals surface area (Å²) in [5, 5.41) is 18.2. The maximum atomic E-state index is 12.8. The van der Waals surface area contributed by atoms with Crippen LogP contribution in [0.2, 0.25) is 0 Å². The van der Waals surface area contributed by atoms with Crippen molar-refractivity contribution < 1.29 is 13.6 Å². The van der Waals surface area contributed by atoms with Crippen molar-refractivity contribution >= 4 is 17.2 Å². The Hall–Kier alpha value is -3.24. The number of hydrogen-bond donors (Lipinski definition) is 1. The Bertz CT molecular complexity index is 1120. The summed E-state index contributed by atoms with van der Waals surface area (Å²) in [6.07, 6.45) is -0.639. The third kappa shape index (κ3) is 3.84. The van der Waals surface area contributed by atoms with Crippen LogP contribution >= 0.6 is 0 Å². The molecule has 11 heteroatoms. The number of aromatic nitrogens is 6. The van der Waals surface area contributed by atoms with Gasteiger partial charge in [-0.05, 0) is 31.0 Å². The van der Waals surface area contributed by atoms with Gasteiger partial charge in [0.25, 0.3) is 12.0 Å². The van der Waals surface area contributed by atoms with Crippen molar-refractivity contribution in [1.29, 1.82) is 0 Å². The molecule has 3 heterocycles. The first-order valence-electron chi connectivity index (χ1n) is 9.25. The number of nitrogens with zero attached hydrogens (tertiary/aromatic N) is 6. The van der Waals surface area contributed by atoms with Crippen molar-refractivity contribution in [2.24, 2.45) is 0 Å². The van der Waals surface area contributed by atoms with Crippen LogP contribution in [-0.4, -0.2) is 35.5 Å². The molecule has 3 aromatic heterocycles. The summed E-state index contributed by atoms with van der Waals surface area (Å²) in [5.74, 6) is 0.367. The molecule has 9 nitrogen and oxygen atoms in total. The fraction of sp³-hybridized carbons (Fsp3) is 0.444. The van der Waals surface area contributed by atoms with Crippen LogP contribution in [0.5, 0.6) is 0 Å². The Morgan fingerprint density at radius 1 is 1.24 bits per heavy atom. The Kier molecular flexibility index (Phi) is 4.81. The molecule has 0 aliphatic heterocycles. The van der Waals surface area contributed by atoms with Gasteiger partial charge < -0.3 is 5.32 Å². The number of anilines is 1. The smallest absolute Gasteiger partial charge is 0.293 e. The molecule has 0 atom stereocenters. The highest BCUT2D eigenvalue weighted by Crippen LogP contribution is 2.39. The number of amides is 1. The number of nitrogens with one attached hydrogen (secondary N) is 1. The van der Waals surface area contributed by atoms with Crippen LogP contribution in [0.1, 0.15) is 62.2 Å². The van der Waals surface area contributed by atoms with Crippen molar-refractivity contribution in [1.82, 2.24) is 29.6 Å². The van der Waals surface area contributed by atoms with Gasteiger partial charge in [0.1, 0.15) is 17.8 Å². The lowest BCUT2D eigenvalue weighted by Crippen LogP contribution is -2.32. The monoisotopic (exact) mass is 403 g/mol. The van der Waals surface area contributed by atoms with E-state index in [4.69, 9.17) is 0 Å². The molecular formula is C18H19F2N7O2. The number of rotatable bonds is 6. The SMILES string of the molecule is CC(C)c1nn(CC(=O)Nc2ccc(C(F)F)nn2)c(=O)c2cc(C3CC3)nn12. The molecule has 0 saturated heterocycles. The van der Waals surface area contributed by atoms with Crippen LogP contribution < -0.4 is 10.9 Å². The van der Waals surface area contributed by atoms with E-state index in [0.717, 1.165) is 29.3 Å². The van der Waals surface area contributed by atoms with Crippen molar-refractivity contribution in [2.75, 3.05) is 5.32 Å². The van der Waals surface area contributed by atoms with Gasteiger partial charge in [-0.15, -0.1) is 10.2 Å². The van der Waals surface area contributed by atoms with E-state index in [-0.39, 0.29) is 18.3 Å². The predicted octanol–water partition coefficient (Wildman–Crippen LogP) is 2.26. The van der Waals surface area contributed by atoms with Gasteiger partial charge in [-0.25, -0.2) is 18.0 Å². The zero-order valence-corrected chi connectivity index (χ0v) is 15.8. The largest absolute Gasteiger partial charge is 0.308 e. The van der Waals surface area contributed by atoms with Crippen LogP contribution in [0, 0.1) is 0 Å². The molecule has 1 amide bonds. The lowest BCUT2D eigenvalue weighted by molar-refractivity contribution is -0.117.